The number of carbonyl (C=O) groups excluding carboxylic acids is 1. The van der Waals surface area contributed by atoms with Gasteiger partial charge in [-0.05, 0) is 48.4 Å². The van der Waals surface area contributed by atoms with Gasteiger partial charge in [-0.25, -0.2) is 8.42 Å². The Morgan fingerprint density at radius 2 is 1.89 bits per heavy atom. The van der Waals surface area contributed by atoms with Crippen LogP contribution in [-0.4, -0.2) is 30.2 Å². The lowest BCUT2D eigenvalue weighted by Gasteiger charge is -2.26. The summed E-state index contributed by atoms with van der Waals surface area (Å²) >= 11 is 0. The summed E-state index contributed by atoms with van der Waals surface area (Å²) in [6, 6.07) is 12.5. The topological polar surface area (TPSA) is 82.3 Å². The van der Waals surface area contributed by atoms with Gasteiger partial charge in [0.25, 0.3) is 0 Å². The lowest BCUT2D eigenvalue weighted by Crippen LogP contribution is -2.35. The van der Waals surface area contributed by atoms with Gasteiger partial charge in [0.05, 0.1) is 4.90 Å². The number of anilines is 1. The average Bonchev–Trinajstić information content (AvgIpc) is 2.98. The van der Waals surface area contributed by atoms with Gasteiger partial charge in [0.15, 0.2) is 0 Å². The molecule has 2 aromatic carbocycles. The van der Waals surface area contributed by atoms with Crippen LogP contribution in [0.2, 0.25) is 0 Å². The molecule has 0 atom stereocenters. The van der Waals surface area contributed by atoms with Crippen LogP contribution in [0.15, 0.2) is 47.4 Å². The first-order chi connectivity index (χ1) is 12.8. The second kappa shape index (κ2) is 6.51. The maximum absolute atomic E-state index is 13.1. The third-order valence-electron chi connectivity index (χ3n) is 4.91. The van der Waals surface area contributed by atoms with Gasteiger partial charge in [0.1, 0.15) is 0 Å². The van der Waals surface area contributed by atoms with Crippen LogP contribution in [-0.2, 0) is 27.8 Å². The number of aromatic nitrogens is 1. The van der Waals surface area contributed by atoms with E-state index in [-0.39, 0.29) is 10.8 Å². The summed E-state index contributed by atoms with van der Waals surface area (Å²) in [6.07, 6.45) is 0.659. The third-order valence-corrected chi connectivity index (χ3v) is 6.77. The van der Waals surface area contributed by atoms with E-state index < -0.39 is 10.0 Å². The second-order valence-electron chi connectivity index (χ2n) is 6.93. The molecule has 140 valence electrons. The fourth-order valence-corrected chi connectivity index (χ4v) is 4.99. The zero-order valence-electron chi connectivity index (χ0n) is 15.2. The molecule has 2 heterocycles. The number of H-pyrrole nitrogens is 1. The number of nitrogens with one attached hydrogen (secondary N) is 2. The number of fused-ring (bicyclic) bond motifs is 3. The zero-order chi connectivity index (χ0) is 19.2. The Bertz CT molecular complexity index is 1130. The van der Waals surface area contributed by atoms with Gasteiger partial charge in [-0.15, -0.1) is 0 Å². The van der Waals surface area contributed by atoms with Crippen LogP contribution in [0.4, 0.5) is 5.69 Å². The molecule has 0 saturated heterocycles. The van der Waals surface area contributed by atoms with Crippen molar-refractivity contribution in [1.82, 2.24) is 9.29 Å². The number of benzene rings is 2. The molecule has 1 amide bonds. The summed E-state index contributed by atoms with van der Waals surface area (Å²) in [5.74, 6) is -0.191. The number of aromatic amines is 1. The molecule has 0 bridgehead atoms. The summed E-state index contributed by atoms with van der Waals surface area (Å²) in [7, 11) is -3.60. The highest BCUT2D eigenvalue weighted by Gasteiger charge is 2.30. The minimum absolute atomic E-state index is 0.191. The number of aryl methyl sites for hydroxylation is 1. The van der Waals surface area contributed by atoms with Crippen LogP contribution in [0.5, 0.6) is 0 Å². The molecule has 0 unspecified atom stereocenters. The molecular formula is C20H21N3O3S. The number of hydrogen-bond acceptors (Lipinski definition) is 3. The smallest absolute Gasteiger partial charge is 0.243 e. The van der Waals surface area contributed by atoms with Crippen molar-refractivity contribution in [2.45, 2.75) is 31.7 Å². The molecule has 4 rings (SSSR count). The normalized spacial score (nSPS) is 14.9. The molecule has 7 heteroatoms. The first kappa shape index (κ1) is 17.8. The van der Waals surface area contributed by atoms with E-state index in [9.17, 15) is 13.2 Å². The Labute approximate surface area is 158 Å². The maximum Gasteiger partial charge on any atom is 0.243 e. The van der Waals surface area contributed by atoms with Gasteiger partial charge in [-0.3, -0.25) is 4.79 Å². The Morgan fingerprint density at radius 3 is 2.59 bits per heavy atom. The van der Waals surface area contributed by atoms with E-state index in [0.717, 1.165) is 22.2 Å². The van der Waals surface area contributed by atoms with Gasteiger partial charge in [-0.2, -0.15) is 4.31 Å². The molecular weight excluding hydrogens is 362 g/mol. The molecule has 0 spiro atoms. The Hall–Kier alpha value is -2.64. The van der Waals surface area contributed by atoms with E-state index in [0.29, 0.717) is 25.2 Å². The SMILES string of the molecule is CC(=O)Nc1ccc(S(=O)(=O)N2CCc3[nH]c4cc(C)ccc4c3C2)cc1. The van der Waals surface area contributed by atoms with E-state index in [1.807, 2.05) is 13.0 Å². The fraction of sp³-hybridized carbons (Fsp3) is 0.250. The lowest BCUT2D eigenvalue weighted by atomic mass is 10.1. The quantitative estimate of drug-likeness (QED) is 0.729. The molecule has 0 radical (unpaired) electrons. The molecule has 0 aliphatic carbocycles. The largest absolute Gasteiger partial charge is 0.358 e. The number of nitrogens with zero attached hydrogens (tertiary/aromatic N) is 1. The van der Waals surface area contributed by atoms with Crippen LogP contribution >= 0.6 is 0 Å². The molecule has 27 heavy (non-hydrogen) atoms. The zero-order valence-corrected chi connectivity index (χ0v) is 16.1. The van der Waals surface area contributed by atoms with Crippen LogP contribution in [0.3, 0.4) is 0 Å². The van der Waals surface area contributed by atoms with Gasteiger partial charge in [-0.1, -0.05) is 12.1 Å². The maximum atomic E-state index is 13.1. The van der Waals surface area contributed by atoms with Gasteiger partial charge in [0.2, 0.25) is 15.9 Å². The molecule has 0 saturated carbocycles. The lowest BCUT2D eigenvalue weighted by molar-refractivity contribution is -0.114. The van der Waals surface area contributed by atoms with Crippen molar-refractivity contribution in [1.29, 1.82) is 0 Å². The summed E-state index contributed by atoms with van der Waals surface area (Å²) in [5, 5.41) is 3.73. The molecule has 0 fully saturated rings. The van der Waals surface area contributed by atoms with E-state index in [1.54, 1.807) is 12.1 Å². The summed E-state index contributed by atoms with van der Waals surface area (Å²) < 4.78 is 27.7. The fourth-order valence-electron chi connectivity index (χ4n) is 3.58. The van der Waals surface area contributed by atoms with Crippen molar-refractivity contribution >= 4 is 32.5 Å². The number of carbonyl (C=O) groups is 1. The molecule has 3 aromatic rings. The highest BCUT2D eigenvalue weighted by atomic mass is 32.2. The van der Waals surface area contributed by atoms with E-state index in [4.69, 9.17) is 0 Å². The summed E-state index contributed by atoms with van der Waals surface area (Å²) in [6.45, 7) is 4.25. The van der Waals surface area contributed by atoms with Crippen molar-refractivity contribution in [3.05, 3.63) is 59.3 Å². The van der Waals surface area contributed by atoms with E-state index >= 15 is 0 Å². The highest BCUT2D eigenvalue weighted by molar-refractivity contribution is 7.89. The Morgan fingerprint density at radius 1 is 1.15 bits per heavy atom. The predicted octanol–water partition coefficient (Wildman–Crippen LogP) is 3.18. The van der Waals surface area contributed by atoms with Crippen LogP contribution in [0, 0.1) is 6.92 Å². The number of amides is 1. The Balaban J connectivity index is 1.64. The highest BCUT2D eigenvalue weighted by Crippen LogP contribution is 2.31. The minimum atomic E-state index is -3.60. The monoisotopic (exact) mass is 383 g/mol. The number of rotatable bonds is 3. The standard InChI is InChI=1S/C20H21N3O3S/c1-13-3-8-17-18-12-23(10-9-19(18)22-20(17)11-13)27(25,26)16-6-4-15(5-7-16)21-14(2)24/h3-8,11,22H,9-10,12H2,1-2H3,(H,21,24). The van der Waals surface area contributed by atoms with Crippen LogP contribution in [0.1, 0.15) is 23.7 Å². The van der Waals surface area contributed by atoms with E-state index in [2.05, 4.69) is 22.4 Å². The first-order valence-corrected chi connectivity index (χ1v) is 10.3. The Kier molecular flexibility index (Phi) is 4.28. The first-order valence-electron chi connectivity index (χ1n) is 8.82. The van der Waals surface area contributed by atoms with Gasteiger partial charge in [0, 0.05) is 48.7 Å². The third kappa shape index (κ3) is 3.24. The molecule has 6 nitrogen and oxygen atoms in total. The van der Waals surface area contributed by atoms with Crippen molar-refractivity contribution < 1.29 is 13.2 Å². The molecule has 1 aromatic heterocycles. The van der Waals surface area contributed by atoms with Crippen LogP contribution in [0.25, 0.3) is 10.9 Å². The number of hydrogen-bond donors (Lipinski definition) is 2. The summed E-state index contributed by atoms with van der Waals surface area (Å²) in [5.41, 5.74) is 4.97. The van der Waals surface area contributed by atoms with E-state index in [1.165, 1.54) is 28.9 Å². The van der Waals surface area contributed by atoms with Crippen molar-refractivity contribution in [3.63, 3.8) is 0 Å². The van der Waals surface area contributed by atoms with Gasteiger partial charge < -0.3 is 10.3 Å². The second-order valence-corrected chi connectivity index (χ2v) is 8.86. The van der Waals surface area contributed by atoms with Gasteiger partial charge >= 0.3 is 0 Å². The van der Waals surface area contributed by atoms with Crippen molar-refractivity contribution in [2.75, 3.05) is 11.9 Å². The van der Waals surface area contributed by atoms with Crippen molar-refractivity contribution in [3.8, 4) is 0 Å². The average molecular weight is 383 g/mol. The molecule has 1 aliphatic rings. The predicted molar refractivity (Wildman–Crippen MR) is 105 cm³/mol. The number of sulfonamides is 1. The minimum Gasteiger partial charge on any atom is -0.358 e. The summed E-state index contributed by atoms with van der Waals surface area (Å²) in [4.78, 5) is 14.8. The van der Waals surface area contributed by atoms with Crippen LogP contribution < -0.4 is 5.32 Å². The van der Waals surface area contributed by atoms with Crippen molar-refractivity contribution in [2.24, 2.45) is 0 Å². The molecule has 1 aliphatic heterocycles. The molecule has 2 N–H and O–H groups in total.